The molecule has 0 spiro atoms. The molecule has 0 N–H and O–H groups in total. The minimum atomic E-state index is -5.17. The standard InChI is InChI=1S/C22H23BF9O2/c1-12(2)33-23(34-13(3)4,18-7-14(5)6-15(9-18)20(24,25)26)19-10-16(21(27,28)29)8-17(11-19)22(30,31)32/h6-13H,1-5H3/q-1. The Morgan fingerprint density at radius 1 is 0.559 bits per heavy atom. The van der Waals surface area contributed by atoms with E-state index in [2.05, 4.69) is 0 Å². The molecule has 0 fully saturated rings. The zero-order valence-corrected chi connectivity index (χ0v) is 18.9. The normalized spacial score (nSPS) is 13.8. The lowest BCUT2D eigenvalue weighted by Gasteiger charge is -2.47. The van der Waals surface area contributed by atoms with Gasteiger partial charge in [-0.25, -0.2) is 0 Å². The zero-order chi connectivity index (χ0) is 26.3. The summed E-state index contributed by atoms with van der Waals surface area (Å²) in [6, 6.07) is 3.43. The molecule has 0 aromatic heterocycles. The lowest BCUT2D eigenvalue weighted by atomic mass is 9.45. The van der Waals surface area contributed by atoms with Gasteiger partial charge in [-0.2, -0.15) is 39.5 Å². The summed E-state index contributed by atoms with van der Waals surface area (Å²) in [6.07, 6.45) is -16.8. The second-order valence-corrected chi connectivity index (χ2v) is 8.55. The van der Waals surface area contributed by atoms with Crippen LogP contribution in [-0.2, 0) is 27.8 Å². The summed E-state index contributed by atoms with van der Waals surface area (Å²) in [4.78, 5) is 0. The maximum Gasteiger partial charge on any atom is 0.416 e. The first-order valence-electron chi connectivity index (χ1n) is 10.2. The SMILES string of the molecule is Cc1cc([B-](OC(C)C)(OC(C)C)c2cc(C(F)(F)F)cc(C(F)(F)F)c2)cc(C(F)(F)F)c1. The van der Waals surface area contributed by atoms with Crippen molar-refractivity contribution in [3.05, 3.63) is 58.7 Å². The Morgan fingerprint density at radius 2 is 0.882 bits per heavy atom. The predicted octanol–water partition coefficient (Wildman–Crippen LogP) is 6.46. The molecule has 34 heavy (non-hydrogen) atoms. The fraction of sp³-hybridized carbons (Fsp3) is 0.455. The van der Waals surface area contributed by atoms with Gasteiger partial charge in [0, 0.05) is 12.2 Å². The van der Waals surface area contributed by atoms with Gasteiger partial charge in [0.05, 0.1) is 16.7 Å². The summed E-state index contributed by atoms with van der Waals surface area (Å²) < 4.78 is 134. The van der Waals surface area contributed by atoms with Gasteiger partial charge < -0.3 is 9.31 Å². The van der Waals surface area contributed by atoms with Crippen molar-refractivity contribution in [2.24, 2.45) is 0 Å². The Hall–Kier alpha value is -2.21. The van der Waals surface area contributed by atoms with Crippen LogP contribution in [0.5, 0.6) is 0 Å². The molecule has 2 rings (SSSR count). The van der Waals surface area contributed by atoms with Crippen LogP contribution in [0, 0.1) is 6.92 Å². The summed E-state index contributed by atoms with van der Waals surface area (Å²) in [5.74, 6) is 0. The van der Waals surface area contributed by atoms with Crippen molar-refractivity contribution in [1.82, 2.24) is 0 Å². The molecule has 0 amide bonds. The average Bonchev–Trinajstić information content (AvgIpc) is 2.63. The molecule has 0 radical (unpaired) electrons. The Labute approximate surface area is 191 Å². The maximum atomic E-state index is 13.5. The highest BCUT2D eigenvalue weighted by molar-refractivity contribution is 6.92. The summed E-state index contributed by atoms with van der Waals surface area (Å²) in [6.45, 7) is 3.67. The molecular formula is C22H23BF9O2-. The highest BCUT2D eigenvalue weighted by atomic mass is 19.4. The van der Waals surface area contributed by atoms with Crippen molar-refractivity contribution >= 4 is 17.5 Å². The van der Waals surface area contributed by atoms with Crippen LogP contribution in [0.15, 0.2) is 36.4 Å². The third kappa shape index (κ3) is 6.47. The minimum absolute atomic E-state index is 0.0630. The van der Waals surface area contributed by atoms with Crippen LogP contribution in [0.3, 0.4) is 0 Å². The summed E-state index contributed by atoms with van der Waals surface area (Å²) in [5, 5.41) is 0. The molecule has 0 unspecified atom stereocenters. The van der Waals surface area contributed by atoms with Gasteiger partial charge in [0.1, 0.15) is 0 Å². The number of rotatable bonds is 6. The highest BCUT2D eigenvalue weighted by Crippen LogP contribution is 2.36. The van der Waals surface area contributed by atoms with Crippen LogP contribution in [0.2, 0.25) is 0 Å². The topological polar surface area (TPSA) is 18.5 Å². The predicted molar refractivity (Wildman–Crippen MR) is 110 cm³/mol. The molecule has 0 aliphatic rings. The van der Waals surface area contributed by atoms with E-state index in [9.17, 15) is 39.5 Å². The van der Waals surface area contributed by atoms with Crippen molar-refractivity contribution in [2.75, 3.05) is 0 Å². The number of hydrogen-bond acceptors (Lipinski definition) is 2. The molecule has 2 aromatic carbocycles. The molecule has 0 aliphatic heterocycles. The van der Waals surface area contributed by atoms with Gasteiger partial charge >= 0.3 is 18.5 Å². The number of alkyl halides is 9. The second kappa shape index (κ2) is 9.45. The Kier molecular flexibility index (Phi) is 7.79. The molecule has 0 bridgehead atoms. The molecule has 0 aliphatic carbocycles. The lowest BCUT2D eigenvalue weighted by molar-refractivity contribution is -0.143. The van der Waals surface area contributed by atoms with Crippen LogP contribution in [0.4, 0.5) is 39.5 Å². The van der Waals surface area contributed by atoms with E-state index in [1.54, 1.807) is 0 Å². The van der Waals surface area contributed by atoms with Crippen molar-refractivity contribution in [3.8, 4) is 0 Å². The van der Waals surface area contributed by atoms with E-state index in [0.717, 1.165) is 6.07 Å². The number of hydrogen-bond donors (Lipinski definition) is 0. The van der Waals surface area contributed by atoms with Crippen molar-refractivity contribution in [2.45, 2.75) is 65.4 Å². The smallest absolute Gasteiger partial charge is 0.416 e. The van der Waals surface area contributed by atoms with Crippen LogP contribution < -0.4 is 10.9 Å². The van der Waals surface area contributed by atoms with Gasteiger partial charge in [-0.05, 0) is 46.8 Å². The maximum absolute atomic E-state index is 13.5. The van der Waals surface area contributed by atoms with E-state index in [-0.39, 0.29) is 17.1 Å². The Bertz CT molecular complexity index is 967. The lowest BCUT2D eigenvalue weighted by Crippen LogP contribution is -2.65. The van der Waals surface area contributed by atoms with Crippen LogP contribution in [-0.4, -0.2) is 18.8 Å². The molecule has 0 saturated heterocycles. The first kappa shape index (κ1) is 28.0. The first-order valence-corrected chi connectivity index (χ1v) is 10.2. The Balaban J connectivity index is 3.03. The van der Waals surface area contributed by atoms with Gasteiger partial charge in [-0.1, -0.05) is 29.8 Å². The van der Waals surface area contributed by atoms with E-state index in [1.165, 1.54) is 40.7 Å². The molecular weight excluding hydrogens is 478 g/mol. The van der Waals surface area contributed by atoms with Gasteiger partial charge in [0.15, 0.2) is 0 Å². The second-order valence-electron chi connectivity index (χ2n) is 8.55. The van der Waals surface area contributed by atoms with Gasteiger partial charge in [0.2, 0.25) is 0 Å². The summed E-state index contributed by atoms with van der Waals surface area (Å²) in [7, 11) is 0. The van der Waals surface area contributed by atoms with Crippen molar-refractivity contribution < 1.29 is 48.8 Å². The molecule has 0 heterocycles. The molecule has 12 heteroatoms. The van der Waals surface area contributed by atoms with E-state index in [4.69, 9.17) is 9.31 Å². The molecule has 190 valence electrons. The minimum Gasteiger partial charge on any atom is -0.559 e. The van der Waals surface area contributed by atoms with Crippen LogP contribution in [0.25, 0.3) is 0 Å². The number of benzene rings is 2. The fourth-order valence-corrected chi connectivity index (χ4v) is 3.70. The van der Waals surface area contributed by atoms with Crippen molar-refractivity contribution in [3.63, 3.8) is 0 Å². The van der Waals surface area contributed by atoms with E-state index in [0.29, 0.717) is 18.2 Å². The molecule has 0 saturated carbocycles. The highest BCUT2D eigenvalue weighted by Gasteiger charge is 2.42. The number of halogens is 9. The third-order valence-electron chi connectivity index (χ3n) is 4.84. The largest absolute Gasteiger partial charge is 0.559 e. The average molecular weight is 501 g/mol. The van der Waals surface area contributed by atoms with E-state index < -0.39 is 59.4 Å². The Morgan fingerprint density at radius 3 is 1.21 bits per heavy atom. The molecule has 2 aromatic rings. The number of aryl methyl sites for hydroxylation is 1. The first-order chi connectivity index (χ1) is 15.3. The van der Waals surface area contributed by atoms with E-state index in [1.807, 2.05) is 0 Å². The van der Waals surface area contributed by atoms with Gasteiger partial charge in [-0.3, -0.25) is 0 Å². The zero-order valence-electron chi connectivity index (χ0n) is 18.9. The quantitative estimate of drug-likeness (QED) is 0.335. The third-order valence-corrected chi connectivity index (χ3v) is 4.84. The van der Waals surface area contributed by atoms with E-state index >= 15 is 0 Å². The fourth-order valence-electron chi connectivity index (χ4n) is 3.70. The van der Waals surface area contributed by atoms with Crippen LogP contribution in [0.1, 0.15) is 49.9 Å². The van der Waals surface area contributed by atoms with Crippen LogP contribution >= 0.6 is 0 Å². The van der Waals surface area contributed by atoms with Crippen molar-refractivity contribution in [1.29, 1.82) is 0 Å². The van der Waals surface area contributed by atoms with Gasteiger partial charge in [0.25, 0.3) is 6.55 Å². The molecule has 2 nitrogen and oxygen atoms in total. The monoisotopic (exact) mass is 501 g/mol. The summed E-state index contributed by atoms with van der Waals surface area (Å²) in [5.41, 5.74) is -5.35. The molecule has 0 atom stereocenters. The van der Waals surface area contributed by atoms with Gasteiger partial charge in [-0.15, -0.1) is 10.9 Å². The summed E-state index contributed by atoms with van der Waals surface area (Å²) >= 11 is 0.